The highest BCUT2D eigenvalue weighted by Gasteiger charge is 2.10. The number of carbonyl (C=O) groups excluding carboxylic acids is 1. The molecule has 0 aliphatic carbocycles. The molecule has 0 radical (unpaired) electrons. The van der Waals surface area contributed by atoms with Gasteiger partial charge in [0.15, 0.2) is 0 Å². The lowest BCUT2D eigenvalue weighted by Gasteiger charge is -2.12. The molecule has 2 N–H and O–H groups in total. The van der Waals surface area contributed by atoms with Crippen LogP contribution in [-0.4, -0.2) is 24.5 Å². The number of aromatic nitrogens is 1. The number of amides is 1. The van der Waals surface area contributed by atoms with Crippen molar-refractivity contribution in [2.45, 2.75) is 13.3 Å². The zero-order valence-corrected chi connectivity index (χ0v) is 16.6. The Morgan fingerprint density at radius 3 is 2.79 bits per heavy atom. The molecule has 3 rings (SSSR count). The molecule has 2 aromatic carbocycles. The fraction of sp³-hybridized carbons (Fsp3) is 0.182. The number of halogens is 1. The molecule has 1 amide bonds. The Morgan fingerprint density at radius 1 is 1.14 bits per heavy atom. The molecular formula is C22H22ClN3O2. The first-order valence-corrected chi connectivity index (χ1v) is 9.34. The number of hydrogen-bond donors (Lipinski definition) is 2. The highest BCUT2D eigenvalue weighted by molar-refractivity contribution is 6.31. The van der Waals surface area contributed by atoms with Crippen LogP contribution < -0.4 is 15.4 Å². The molecule has 0 spiro atoms. The van der Waals surface area contributed by atoms with Gasteiger partial charge in [-0.2, -0.15) is 0 Å². The first kappa shape index (κ1) is 19.7. The highest BCUT2D eigenvalue weighted by atomic mass is 35.5. The molecule has 0 unspecified atom stereocenters. The lowest BCUT2D eigenvalue weighted by Crippen LogP contribution is -2.26. The second-order valence-corrected chi connectivity index (χ2v) is 6.69. The molecule has 0 atom stereocenters. The maximum atomic E-state index is 12.5. The van der Waals surface area contributed by atoms with Crippen LogP contribution in [0.2, 0.25) is 5.02 Å². The fourth-order valence-corrected chi connectivity index (χ4v) is 3.02. The summed E-state index contributed by atoms with van der Waals surface area (Å²) in [6.45, 7) is 2.43. The Morgan fingerprint density at radius 2 is 1.96 bits per heavy atom. The number of benzene rings is 2. The number of methoxy groups -OCH3 is 1. The molecule has 144 valence electrons. The number of nitrogens with zero attached hydrogens (tertiary/aromatic N) is 1. The van der Waals surface area contributed by atoms with Crippen LogP contribution in [0.1, 0.15) is 21.6 Å². The molecule has 0 saturated heterocycles. The van der Waals surface area contributed by atoms with Crippen molar-refractivity contribution >= 4 is 28.9 Å². The van der Waals surface area contributed by atoms with Gasteiger partial charge in [0.1, 0.15) is 11.4 Å². The minimum Gasteiger partial charge on any atom is -0.496 e. The number of nitrogens with one attached hydrogen (secondary N) is 2. The highest BCUT2D eigenvalue weighted by Crippen LogP contribution is 2.26. The van der Waals surface area contributed by atoms with E-state index < -0.39 is 0 Å². The van der Waals surface area contributed by atoms with Crippen molar-refractivity contribution in [1.29, 1.82) is 0 Å². The average molecular weight is 396 g/mol. The van der Waals surface area contributed by atoms with Crippen LogP contribution in [0.4, 0.5) is 11.4 Å². The van der Waals surface area contributed by atoms with Gasteiger partial charge in [0.05, 0.1) is 7.11 Å². The van der Waals surface area contributed by atoms with Gasteiger partial charge in [-0.15, -0.1) is 0 Å². The molecule has 0 saturated carbocycles. The Labute approximate surface area is 169 Å². The molecule has 0 bridgehead atoms. The summed E-state index contributed by atoms with van der Waals surface area (Å²) in [6.07, 6.45) is 2.28. The lowest BCUT2D eigenvalue weighted by molar-refractivity contribution is 0.0949. The van der Waals surface area contributed by atoms with Crippen LogP contribution in [-0.2, 0) is 6.42 Å². The summed E-state index contributed by atoms with van der Waals surface area (Å²) in [5.41, 5.74) is 4.01. The van der Waals surface area contributed by atoms with E-state index in [-0.39, 0.29) is 5.91 Å². The summed E-state index contributed by atoms with van der Waals surface area (Å²) in [4.78, 5) is 16.6. The third-order valence-corrected chi connectivity index (χ3v) is 4.82. The zero-order valence-electron chi connectivity index (χ0n) is 15.8. The Kier molecular flexibility index (Phi) is 6.50. The van der Waals surface area contributed by atoms with Gasteiger partial charge in [-0.3, -0.25) is 9.78 Å². The van der Waals surface area contributed by atoms with Crippen molar-refractivity contribution in [1.82, 2.24) is 10.3 Å². The first-order chi connectivity index (χ1) is 13.6. The van der Waals surface area contributed by atoms with E-state index in [4.69, 9.17) is 16.3 Å². The van der Waals surface area contributed by atoms with Gasteiger partial charge in [0.2, 0.25) is 0 Å². The van der Waals surface area contributed by atoms with Crippen molar-refractivity contribution in [3.05, 3.63) is 82.6 Å². The maximum Gasteiger partial charge on any atom is 0.269 e. The normalized spacial score (nSPS) is 10.4. The number of pyridine rings is 1. The van der Waals surface area contributed by atoms with E-state index in [1.165, 1.54) is 0 Å². The Bertz CT molecular complexity index is 976. The summed E-state index contributed by atoms with van der Waals surface area (Å²) in [5, 5.41) is 6.88. The summed E-state index contributed by atoms with van der Waals surface area (Å²) >= 11 is 6.17. The molecule has 0 fully saturated rings. The van der Waals surface area contributed by atoms with E-state index in [1.807, 2.05) is 55.5 Å². The fourth-order valence-electron chi connectivity index (χ4n) is 2.84. The van der Waals surface area contributed by atoms with E-state index >= 15 is 0 Å². The van der Waals surface area contributed by atoms with E-state index in [2.05, 4.69) is 15.6 Å². The second-order valence-electron chi connectivity index (χ2n) is 6.28. The van der Waals surface area contributed by atoms with E-state index in [0.29, 0.717) is 23.7 Å². The Balaban J connectivity index is 1.63. The molecular weight excluding hydrogens is 374 g/mol. The number of para-hydroxylation sites is 1. The molecule has 28 heavy (non-hydrogen) atoms. The van der Waals surface area contributed by atoms with Gasteiger partial charge < -0.3 is 15.4 Å². The minimum absolute atomic E-state index is 0.221. The number of anilines is 2. The molecule has 5 nitrogen and oxygen atoms in total. The largest absolute Gasteiger partial charge is 0.496 e. The van der Waals surface area contributed by atoms with Crippen LogP contribution in [0.3, 0.4) is 0 Å². The van der Waals surface area contributed by atoms with Crippen LogP contribution in [0.25, 0.3) is 0 Å². The summed E-state index contributed by atoms with van der Waals surface area (Å²) in [7, 11) is 1.64. The van der Waals surface area contributed by atoms with Crippen molar-refractivity contribution in [2.75, 3.05) is 19.0 Å². The van der Waals surface area contributed by atoms with Crippen LogP contribution in [0.5, 0.6) is 5.75 Å². The molecule has 1 heterocycles. The topological polar surface area (TPSA) is 63.2 Å². The van der Waals surface area contributed by atoms with Crippen LogP contribution in [0.15, 0.2) is 60.8 Å². The maximum absolute atomic E-state index is 12.5. The third-order valence-electron chi connectivity index (χ3n) is 4.41. The molecule has 1 aromatic heterocycles. The van der Waals surface area contributed by atoms with Gasteiger partial charge in [0, 0.05) is 29.1 Å². The summed E-state index contributed by atoms with van der Waals surface area (Å²) in [6, 6.07) is 17.0. The monoisotopic (exact) mass is 395 g/mol. The number of hydrogen-bond acceptors (Lipinski definition) is 4. The van der Waals surface area contributed by atoms with Gasteiger partial charge >= 0.3 is 0 Å². The second kappa shape index (κ2) is 9.24. The quantitative estimate of drug-likeness (QED) is 0.605. The predicted octanol–water partition coefficient (Wildman–Crippen LogP) is 4.77. The standard InChI is InChI=1S/C22H22ClN3O2/c1-15-18(23)7-5-8-19(15)26-17-11-13-24-20(14-17)22(27)25-12-10-16-6-3-4-9-21(16)28-2/h3-9,11,13-14H,10,12H2,1-2H3,(H,24,26)(H,25,27). The summed E-state index contributed by atoms with van der Waals surface area (Å²) < 4.78 is 5.34. The molecule has 0 aliphatic heterocycles. The smallest absolute Gasteiger partial charge is 0.269 e. The minimum atomic E-state index is -0.221. The van der Waals surface area contributed by atoms with Gasteiger partial charge in [-0.1, -0.05) is 35.9 Å². The predicted molar refractivity (Wildman–Crippen MR) is 113 cm³/mol. The first-order valence-electron chi connectivity index (χ1n) is 8.97. The average Bonchev–Trinajstić information content (AvgIpc) is 2.72. The van der Waals surface area contributed by atoms with E-state index in [0.717, 1.165) is 28.3 Å². The zero-order chi connectivity index (χ0) is 19.9. The van der Waals surface area contributed by atoms with Crippen molar-refractivity contribution in [2.24, 2.45) is 0 Å². The third kappa shape index (κ3) is 4.81. The van der Waals surface area contributed by atoms with Crippen molar-refractivity contribution in [3.63, 3.8) is 0 Å². The van der Waals surface area contributed by atoms with Gasteiger partial charge in [-0.05, 0) is 54.8 Å². The summed E-state index contributed by atoms with van der Waals surface area (Å²) in [5.74, 6) is 0.597. The lowest BCUT2D eigenvalue weighted by atomic mass is 10.1. The Hall–Kier alpha value is -3.05. The van der Waals surface area contributed by atoms with Gasteiger partial charge in [-0.25, -0.2) is 0 Å². The molecule has 0 aliphatic rings. The SMILES string of the molecule is COc1ccccc1CCNC(=O)c1cc(Nc2cccc(Cl)c2C)ccn1. The number of ether oxygens (including phenoxy) is 1. The van der Waals surface area contributed by atoms with Crippen LogP contribution in [0, 0.1) is 6.92 Å². The van der Waals surface area contributed by atoms with Gasteiger partial charge in [0.25, 0.3) is 5.91 Å². The molecule has 6 heteroatoms. The van der Waals surface area contributed by atoms with Crippen molar-refractivity contribution < 1.29 is 9.53 Å². The van der Waals surface area contributed by atoms with E-state index in [9.17, 15) is 4.79 Å². The van der Waals surface area contributed by atoms with E-state index in [1.54, 1.807) is 19.4 Å². The number of rotatable bonds is 7. The van der Waals surface area contributed by atoms with Crippen molar-refractivity contribution in [3.8, 4) is 5.75 Å². The molecule has 3 aromatic rings. The van der Waals surface area contributed by atoms with Crippen LogP contribution >= 0.6 is 11.6 Å². The number of carbonyl (C=O) groups is 1.